The Morgan fingerprint density at radius 1 is 1.36 bits per heavy atom. The van der Waals surface area contributed by atoms with E-state index < -0.39 is 5.97 Å². The summed E-state index contributed by atoms with van der Waals surface area (Å²) in [7, 11) is 5.49. The molecule has 0 saturated carbocycles. The van der Waals surface area contributed by atoms with Crippen LogP contribution in [0.15, 0.2) is 24.3 Å². The van der Waals surface area contributed by atoms with Crippen LogP contribution < -0.4 is 10.2 Å². The lowest BCUT2D eigenvalue weighted by molar-refractivity contribution is -0.137. The molecule has 72 valence electrons. The third-order valence-electron chi connectivity index (χ3n) is 1.68. The molecule has 0 aromatic heterocycles. The van der Waals surface area contributed by atoms with Gasteiger partial charge in [0.2, 0.25) is 0 Å². The van der Waals surface area contributed by atoms with Crippen LogP contribution in [-0.2, 0) is 4.79 Å². The van der Waals surface area contributed by atoms with Crippen LogP contribution in [0.1, 0.15) is 12.8 Å². The molecule has 1 rings (SSSR count). The number of hydrogen-bond acceptors (Lipinski definition) is 2. The summed E-state index contributed by atoms with van der Waals surface area (Å²) in [5, 5.41) is 8.37. The first kappa shape index (κ1) is 10.6. The molecule has 0 atom stereocenters. The minimum absolute atomic E-state index is 0.134. The smallest absolute Gasteiger partial charge is 0.303 e. The predicted octanol–water partition coefficient (Wildman–Crippen LogP) is 0.724. The van der Waals surface area contributed by atoms with E-state index in [4.69, 9.17) is 17.7 Å². The summed E-state index contributed by atoms with van der Waals surface area (Å²) in [5.41, 5.74) is 0.683. The number of ether oxygens (including phenoxy) is 1. The molecule has 0 saturated heterocycles. The molecule has 0 bridgehead atoms. The zero-order valence-corrected chi connectivity index (χ0v) is 7.77. The Bertz CT molecular complexity index is 295. The molecule has 1 aromatic rings. The van der Waals surface area contributed by atoms with Gasteiger partial charge in [-0.05, 0) is 18.6 Å². The van der Waals surface area contributed by atoms with E-state index in [0.717, 1.165) is 0 Å². The molecule has 1 N–H and O–H groups in total. The van der Waals surface area contributed by atoms with Crippen molar-refractivity contribution in [3.05, 3.63) is 24.3 Å². The molecule has 0 heterocycles. The van der Waals surface area contributed by atoms with Crippen molar-refractivity contribution in [1.82, 2.24) is 0 Å². The van der Waals surface area contributed by atoms with Crippen LogP contribution in [0.3, 0.4) is 0 Å². The maximum absolute atomic E-state index is 10.2. The summed E-state index contributed by atoms with van der Waals surface area (Å²) in [6, 6.07) is 7.01. The van der Waals surface area contributed by atoms with Crippen LogP contribution in [0, 0.1) is 0 Å². The van der Waals surface area contributed by atoms with Gasteiger partial charge in [0.15, 0.2) is 0 Å². The molecular weight excluding hydrogens is 179 g/mol. The monoisotopic (exact) mass is 190 g/mol. The first-order valence-electron chi connectivity index (χ1n) is 4.38. The summed E-state index contributed by atoms with van der Waals surface area (Å²) in [4.78, 5) is 10.2. The molecule has 1 aromatic carbocycles. The van der Waals surface area contributed by atoms with Gasteiger partial charge in [-0.2, -0.15) is 0 Å². The van der Waals surface area contributed by atoms with Crippen LogP contribution in [0.2, 0.25) is 0 Å². The summed E-state index contributed by atoms with van der Waals surface area (Å²) in [5.74, 6) is -0.0875. The second-order valence-electron chi connectivity index (χ2n) is 2.91. The van der Waals surface area contributed by atoms with Gasteiger partial charge >= 0.3 is 5.97 Å². The van der Waals surface area contributed by atoms with Gasteiger partial charge in [-0.1, -0.05) is 17.6 Å². The van der Waals surface area contributed by atoms with Gasteiger partial charge in [0.25, 0.3) is 0 Å². The fraction of sp³-hybridized carbons (Fsp3) is 0.300. The third kappa shape index (κ3) is 3.98. The molecule has 3 nitrogen and oxygen atoms in total. The Labute approximate surface area is 84.1 Å². The van der Waals surface area contributed by atoms with Crippen molar-refractivity contribution in [3.63, 3.8) is 0 Å². The van der Waals surface area contributed by atoms with Gasteiger partial charge < -0.3 is 9.84 Å². The molecule has 2 radical (unpaired) electrons. The minimum Gasteiger partial charge on any atom is -0.494 e. The number of carboxylic acids is 1. The van der Waals surface area contributed by atoms with E-state index in [1.54, 1.807) is 24.3 Å². The lowest BCUT2D eigenvalue weighted by Gasteiger charge is -2.04. The Kier molecular flexibility index (Phi) is 4.04. The first-order valence-corrected chi connectivity index (χ1v) is 4.38. The minimum atomic E-state index is -0.800. The predicted molar refractivity (Wildman–Crippen MR) is 54.2 cm³/mol. The average Bonchev–Trinajstić information content (AvgIpc) is 2.15. The molecule has 0 fully saturated rings. The van der Waals surface area contributed by atoms with Crippen molar-refractivity contribution in [1.29, 1.82) is 0 Å². The van der Waals surface area contributed by atoms with Crippen molar-refractivity contribution in [3.8, 4) is 5.75 Å². The summed E-state index contributed by atoms with van der Waals surface area (Å²) < 4.78 is 5.29. The fourth-order valence-corrected chi connectivity index (χ4v) is 0.977. The average molecular weight is 190 g/mol. The van der Waals surface area contributed by atoms with Gasteiger partial charge in [-0.3, -0.25) is 4.79 Å². The van der Waals surface area contributed by atoms with Gasteiger partial charge in [-0.15, -0.1) is 0 Å². The van der Waals surface area contributed by atoms with Gasteiger partial charge in [0.05, 0.1) is 6.61 Å². The normalized spacial score (nSPS) is 9.71. The van der Waals surface area contributed by atoms with E-state index in [0.29, 0.717) is 24.2 Å². The molecule has 0 amide bonds. The molecule has 4 heteroatoms. The Morgan fingerprint density at radius 3 is 2.57 bits per heavy atom. The molecule has 0 unspecified atom stereocenters. The van der Waals surface area contributed by atoms with Crippen molar-refractivity contribution in [2.24, 2.45) is 0 Å². The van der Waals surface area contributed by atoms with Gasteiger partial charge in [-0.25, -0.2) is 0 Å². The van der Waals surface area contributed by atoms with E-state index in [1.807, 2.05) is 0 Å². The molecule has 0 aliphatic heterocycles. The van der Waals surface area contributed by atoms with Gasteiger partial charge in [0, 0.05) is 6.42 Å². The molecular formula is C10H11BO3. The number of rotatable bonds is 5. The van der Waals surface area contributed by atoms with Crippen LogP contribution in [0.25, 0.3) is 0 Å². The van der Waals surface area contributed by atoms with Crippen molar-refractivity contribution in [2.75, 3.05) is 6.61 Å². The molecule has 14 heavy (non-hydrogen) atoms. The Hall–Kier alpha value is -1.45. The lowest BCUT2D eigenvalue weighted by Crippen LogP contribution is -2.04. The highest BCUT2D eigenvalue weighted by molar-refractivity contribution is 6.32. The van der Waals surface area contributed by atoms with Crippen LogP contribution in [0.4, 0.5) is 0 Å². The largest absolute Gasteiger partial charge is 0.494 e. The highest BCUT2D eigenvalue weighted by Gasteiger charge is 1.97. The highest BCUT2D eigenvalue weighted by Crippen LogP contribution is 2.07. The topological polar surface area (TPSA) is 46.5 Å². The third-order valence-corrected chi connectivity index (χ3v) is 1.68. The molecule has 0 aliphatic carbocycles. The van der Waals surface area contributed by atoms with Crippen LogP contribution in [-0.4, -0.2) is 25.5 Å². The van der Waals surface area contributed by atoms with Gasteiger partial charge in [0.1, 0.15) is 13.6 Å². The standard InChI is InChI=1S/C10H11BO3/c11-8-3-5-9(6-4-8)14-7-1-2-10(12)13/h3-6H,1-2,7H2,(H,12,13). The second-order valence-corrected chi connectivity index (χ2v) is 2.91. The van der Waals surface area contributed by atoms with Crippen molar-refractivity contribution >= 4 is 19.3 Å². The highest BCUT2D eigenvalue weighted by atomic mass is 16.5. The summed E-state index contributed by atoms with van der Waals surface area (Å²) in [6.07, 6.45) is 0.648. The maximum atomic E-state index is 10.2. The number of hydrogen-bond donors (Lipinski definition) is 1. The second kappa shape index (κ2) is 5.32. The maximum Gasteiger partial charge on any atom is 0.303 e. The molecule has 0 aliphatic rings. The Balaban J connectivity index is 2.25. The SMILES string of the molecule is [B]c1ccc(OCCCC(=O)O)cc1. The number of benzene rings is 1. The number of carbonyl (C=O) groups is 1. The quantitative estimate of drug-likeness (QED) is 0.549. The zero-order chi connectivity index (χ0) is 10.4. The first-order chi connectivity index (χ1) is 6.68. The lowest BCUT2D eigenvalue weighted by atomic mass is 9.97. The van der Waals surface area contributed by atoms with Crippen molar-refractivity contribution < 1.29 is 14.6 Å². The fourth-order valence-electron chi connectivity index (χ4n) is 0.977. The van der Waals surface area contributed by atoms with Crippen LogP contribution in [0.5, 0.6) is 5.75 Å². The van der Waals surface area contributed by atoms with E-state index >= 15 is 0 Å². The number of carboxylic acid groups (broad SMARTS) is 1. The number of aliphatic carboxylic acids is 1. The summed E-state index contributed by atoms with van der Waals surface area (Å²) >= 11 is 0. The van der Waals surface area contributed by atoms with E-state index in [1.165, 1.54) is 0 Å². The van der Waals surface area contributed by atoms with Crippen molar-refractivity contribution in [2.45, 2.75) is 12.8 Å². The molecule has 0 spiro atoms. The van der Waals surface area contributed by atoms with E-state index in [9.17, 15) is 4.79 Å². The summed E-state index contributed by atoms with van der Waals surface area (Å²) in [6.45, 7) is 0.413. The zero-order valence-electron chi connectivity index (χ0n) is 7.77. The van der Waals surface area contributed by atoms with Crippen LogP contribution >= 0.6 is 0 Å². The van der Waals surface area contributed by atoms with E-state index in [-0.39, 0.29) is 6.42 Å². The van der Waals surface area contributed by atoms with E-state index in [2.05, 4.69) is 0 Å². The Morgan fingerprint density at radius 2 is 2.00 bits per heavy atom.